The minimum atomic E-state index is -0.510. The van der Waals surface area contributed by atoms with E-state index in [0.29, 0.717) is 23.7 Å². The molecule has 0 aromatic heterocycles. The maximum absolute atomic E-state index is 12.5. The van der Waals surface area contributed by atoms with E-state index in [9.17, 15) is 14.4 Å². The number of halogens is 1. The Morgan fingerprint density at radius 2 is 2.04 bits per heavy atom. The number of amides is 3. The first-order valence-electron chi connectivity index (χ1n) is 8.19. The van der Waals surface area contributed by atoms with Gasteiger partial charge in [0.05, 0.1) is 16.6 Å². The number of para-hydroxylation sites is 1. The molecule has 7 heteroatoms. The number of hydrogen-bond donors (Lipinski definition) is 2. The maximum atomic E-state index is 12.5. The molecule has 3 rings (SSSR count). The highest BCUT2D eigenvalue weighted by atomic mass is 35.5. The number of benzene rings is 1. The fourth-order valence-corrected chi connectivity index (χ4v) is 3.39. The summed E-state index contributed by atoms with van der Waals surface area (Å²) in [6.45, 7) is 0.927. The smallest absolute Gasteiger partial charge is 0.242 e. The van der Waals surface area contributed by atoms with E-state index in [4.69, 9.17) is 11.6 Å². The van der Waals surface area contributed by atoms with Gasteiger partial charge < -0.3 is 15.5 Å². The molecule has 2 heterocycles. The van der Waals surface area contributed by atoms with Gasteiger partial charge in [-0.3, -0.25) is 14.4 Å². The molecule has 0 spiro atoms. The van der Waals surface area contributed by atoms with Gasteiger partial charge in [0.1, 0.15) is 6.04 Å². The van der Waals surface area contributed by atoms with Crippen LogP contribution in [0, 0.1) is 5.92 Å². The average molecular weight is 350 g/mol. The molecule has 0 unspecified atom stereocenters. The van der Waals surface area contributed by atoms with Gasteiger partial charge in [0.25, 0.3) is 0 Å². The van der Waals surface area contributed by atoms with Crippen LogP contribution < -0.4 is 15.5 Å². The van der Waals surface area contributed by atoms with E-state index in [2.05, 4.69) is 10.6 Å². The zero-order valence-electron chi connectivity index (χ0n) is 13.3. The average Bonchev–Trinajstić information content (AvgIpc) is 2.83. The van der Waals surface area contributed by atoms with Crippen LogP contribution in [0.15, 0.2) is 24.3 Å². The summed E-state index contributed by atoms with van der Waals surface area (Å²) in [7, 11) is 0. The number of hydrogen-bond acceptors (Lipinski definition) is 3. The number of nitrogens with one attached hydrogen (secondary N) is 2. The summed E-state index contributed by atoms with van der Waals surface area (Å²) in [4.78, 5) is 38.2. The van der Waals surface area contributed by atoms with E-state index in [0.717, 1.165) is 12.8 Å². The molecule has 6 nitrogen and oxygen atoms in total. The lowest BCUT2D eigenvalue weighted by atomic mass is 10.1. The van der Waals surface area contributed by atoms with Crippen LogP contribution in [0.25, 0.3) is 0 Å². The summed E-state index contributed by atoms with van der Waals surface area (Å²) in [5.74, 6) is -0.994. The van der Waals surface area contributed by atoms with Gasteiger partial charge in [-0.15, -0.1) is 0 Å². The summed E-state index contributed by atoms with van der Waals surface area (Å²) in [5.41, 5.74) is 0.617. The molecule has 1 aromatic rings. The zero-order valence-corrected chi connectivity index (χ0v) is 14.0. The second-order valence-corrected chi connectivity index (χ2v) is 6.61. The summed E-state index contributed by atoms with van der Waals surface area (Å²) >= 11 is 6.14. The van der Waals surface area contributed by atoms with Crippen molar-refractivity contribution in [1.82, 2.24) is 10.6 Å². The van der Waals surface area contributed by atoms with Crippen molar-refractivity contribution in [3.05, 3.63) is 29.3 Å². The molecule has 24 heavy (non-hydrogen) atoms. The van der Waals surface area contributed by atoms with Crippen molar-refractivity contribution in [1.29, 1.82) is 0 Å². The second-order valence-electron chi connectivity index (χ2n) is 6.20. The number of carbonyl (C=O) groups excluding carboxylic acids is 3. The Balaban J connectivity index is 1.66. The van der Waals surface area contributed by atoms with Crippen LogP contribution in [0.3, 0.4) is 0 Å². The molecular weight excluding hydrogens is 330 g/mol. The number of rotatable bonds is 3. The molecule has 0 bridgehead atoms. The predicted octanol–water partition coefficient (Wildman–Crippen LogP) is 1.48. The number of carbonyl (C=O) groups is 3. The molecule has 2 aliphatic rings. The van der Waals surface area contributed by atoms with Crippen molar-refractivity contribution >= 4 is 35.0 Å². The van der Waals surface area contributed by atoms with E-state index in [1.165, 1.54) is 0 Å². The molecule has 0 saturated carbocycles. The lowest BCUT2D eigenvalue weighted by Gasteiger charge is -2.19. The molecule has 128 valence electrons. The van der Waals surface area contributed by atoms with Crippen LogP contribution in [0.4, 0.5) is 5.69 Å². The third kappa shape index (κ3) is 3.53. The quantitative estimate of drug-likeness (QED) is 0.867. The second kappa shape index (κ2) is 7.21. The number of nitrogens with zero attached hydrogens (tertiary/aromatic N) is 1. The normalized spacial score (nSPS) is 24.5. The van der Waals surface area contributed by atoms with Crippen molar-refractivity contribution in [3.8, 4) is 0 Å². The summed E-state index contributed by atoms with van der Waals surface area (Å²) < 4.78 is 0. The number of anilines is 1. The Hall–Kier alpha value is -2.08. The summed E-state index contributed by atoms with van der Waals surface area (Å²) in [5, 5.41) is 6.07. The van der Waals surface area contributed by atoms with Gasteiger partial charge in [0, 0.05) is 19.5 Å². The van der Waals surface area contributed by atoms with Gasteiger partial charge in [0.15, 0.2) is 0 Å². The van der Waals surface area contributed by atoms with Gasteiger partial charge in [-0.1, -0.05) is 23.7 Å². The van der Waals surface area contributed by atoms with Gasteiger partial charge in [-0.2, -0.15) is 0 Å². The highest BCUT2D eigenvalue weighted by molar-refractivity contribution is 6.33. The molecule has 2 saturated heterocycles. The largest absolute Gasteiger partial charge is 0.354 e. The zero-order chi connectivity index (χ0) is 17.1. The minimum Gasteiger partial charge on any atom is -0.354 e. The third-order valence-corrected chi connectivity index (χ3v) is 4.81. The topological polar surface area (TPSA) is 78.5 Å². The third-order valence-electron chi connectivity index (χ3n) is 4.49. The first kappa shape index (κ1) is 16.8. The molecular formula is C17H20ClN3O3. The first-order chi connectivity index (χ1) is 11.6. The first-order valence-corrected chi connectivity index (χ1v) is 8.57. The predicted molar refractivity (Wildman–Crippen MR) is 90.7 cm³/mol. The van der Waals surface area contributed by atoms with Crippen LogP contribution in [0.5, 0.6) is 0 Å². The van der Waals surface area contributed by atoms with Gasteiger partial charge in [0.2, 0.25) is 17.7 Å². The Kier molecular flexibility index (Phi) is 5.04. The van der Waals surface area contributed by atoms with Crippen LogP contribution in [-0.2, 0) is 14.4 Å². The van der Waals surface area contributed by atoms with Gasteiger partial charge >= 0.3 is 0 Å². The van der Waals surface area contributed by atoms with Crippen molar-refractivity contribution in [2.75, 3.05) is 18.0 Å². The fraction of sp³-hybridized carbons (Fsp3) is 0.471. The lowest BCUT2D eigenvalue weighted by Crippen LogP contribution is -2.47. The lowest BCUT2D eigenvalue weighted by molar-refractivity contribution is -0.131. The minimum absolute atomic E-state index is 0.130. The molecule has 2 atom stereocenters. The molecule has 2 aliphatic heterocycles. The summed E-state index contributed by atoms with van der Waals surface area (Å²) in [6, 6.07) is 6.57. The Morgan fingerprint density at radius 1 is 1.25 bits per heavy atom. The van der Waals surface area contributed by atoms with Crippen LogP contribution in [-0.4, -0.2) is 36.9 Å². The fourth-order valence-electron chi connectivity index (χ4n) is 3.15. The van der Waals surface area contributed by atoms with E-state index in [-0.39, 0.29) is 30.7 Å². The molecule has 3 amide bonds. The van der Waals surface area contributed by atoms with Gasteiger partial charge in [-0.05, 0) is 31.4 Å². The van der Waals surface area contributed by atoms with Crippen LogP contribution >= 0.6 is 11.6 Å². The molecule has 1 aromatic carbocycles. The van der Waals surface area contributed by atoms with E-state index in [1.54, 1.807) is 29.2 Å². The monoisotopic (exact) mass is 349 g/mol. The maximum Gasteiger partial charge on any atom is 0.242 e. The van der Waals surface area contributed by atoms with Crippen molar-refractivity contribution in [2.24, 2.45) is 5.92 Å². The SMILES string of the molecule is O=C(N[C@@H]1CCCCNC1=O)[C@H]1CC(=O)N(c2ccccc2Cl)C1. The van der Waals surface area contributed by atoms with Crippen molar-refractivity contribution in [3.63, 3.8) is 0 Å². The summed E-state index contributed by atoms with van der Waals surface area (Å²) in [6.07, 6.45) is 2.57. The van der Waals surface area contributed by atoms with Crippen LogP contribution in [0.2, 0.25) is 5.02 Å². The van der Waals surface area contributed by atoms with E-state index < -0.39 is 12.0 Å². The highest BCUT2D eigenvalue weighted by Gasteiger charge is 2.37. The molecule has 0 radical (unpaired) electrons. The van der Waals surface area contributed by atoms with Gasteiger partial charge in [-0.25, -0.2) is 0 Å². The van der Waals surface area contributed by atoms with E-state index in [1.807, 2.05) is 0 Å². The molecule has 2 fully saturated rings. The standard InChI is InChI=1S/C17H20ClN3O3/c18-12-5-1-2-7-14(12)21-10-11(9-15(21)22)16(23)20-13-6-3-4-8-19-17(13)24/h1-2,5,7,11,13H,3-4,6,8-10H2,(H,19,24)(H,20,23)/t11-,13+/m0/s1. The Labute approximate surface area is 145 Å². The highest BCUT2D eigenvalue weighted by Crippen LogP contribution is 2.31. The molecule has 0 aliphatic carbocycles. The Bertz CT molecular complexity index is 664. The molecule has 2 N–H and O–H groups in total. The van der Waals surface area contributed by atoms with Crippen LogP contribution in [0.1, 0.15) is 25.7 Å². The van der Waals surface area contributed by atoms with Crippen molar-refractivity contribution in [2.45, 2.75) is 31.7 Å². The van der Waals surface area contributed by atoms with E-state index >= 15 is 0 Å². The Morgan fingerprint density at radius 3 is 2.83 bits per heavy atom. The van der Waals surface area contributed by atoms with Crippen molar-refractivity contribution < 1.29 is 14.4 Å².